The van der Waals surface area contributed by atoms with Gasteiger partial charge in [0.25, 0.3) is 0 Å². The van der Waals surface area contributed by atoms with E-state index in [4.69, 9.17) is 0 Å². The van der Waals surface area contributed by atoms with Crippen molar-refractivity contribution in [1.29, 1.82) is 0 Å². The van der Waals surface area contributed by atoms with Crippen LogP contribution in [0.15, 0.2) is 46.9 Å². The number of imidazole rings is 1. The molecule has 3 aromatic rings. The van der Waals surface area contributed by atoms with Crippen LogP contribution in [0.3, 0.4) is 0 Å². The van der Waals surface area contributed by atoms with Gasteiger partial charge in [-0.05, 0) is 44.2 Å². The Labute approximate surface area is 153 Å². The van der Waals surface area contributed by atoms with Crippen LogP contribution < -0.4 is 0 Å². The second-order valence-corrected chi connectivity index (χ2v) is 6.98. The van der Waals surface area contributed by atoms with Gasteiger partial charge in [0, 0.05) is 10.2 Å². The number of fused-ring (bicyclic) bond motifs is 3. The molecule has 0 fully saturated rings. The largest absolute Gasteiger partial charge is 0.623 e. The van der Waals surface area contributed by atoms with Crippen molar-refractivity contribution in [2.75, 3.05) is 0 Å². The molecule has 0 bridgehead atoms. The van der Waals surface area contributed by atoms with E-state index in [-0.39, 0.29) is 12.1 Å². The molecular formula is C19H15BrFN3O. The zero-order chi connectivity index (χ0) is 17.7. The number of hydroxylamine groups is 1. The predicted octanol–water partition coefficient (Wildman–Crippen LogP) is 4.25. The van der Waals surface area contributed by atoms with Crippen LogP contribution in [-0.4, -0.2) is 20.0 Å². The minimum atomic E-state index is -0.420. The number of hydrogen-bond donors (Lipinski definition) is 0. The highest BCUT2D eigenvalue weighted by molar-refractivity contribution is 9.10. The zero-order valence-corrected chi connectivity index (χ0v) is 15.3. The van der Waals surface area contributed by atoms with Crippen LogP contribution in [0.2, 0.25) is 0 Å². The zero-order valence-electron chi connectivity index (χ0n) is 13.8. The normalized spacial score (nSPS) is 13.4. The lowest BCUT2D eigenvalue weighted by Crippen LogP contribution is -2.19. The highest BCUT2D eigenvalue weighted by atomic mass is 79.9. The molecule has 2 heterocycles. The van der Waals surface area contributed by atoms with E-state index in [0.717, 1.165) is 26.3 Å². The predicted molar refractivity (Wildman–Crippen MR) is 97.7 cm³/mol. The molecule has 1 aromatic heterocycles. The Bertz CT molecular complexity index is 1040. The summed E-state index contributed by atoms with van der Waals surface area (Å²) in [5.41, 5.74) is 3.96. The lowest BCUT2D eigenvalue weighted by atomic mass is 10.00. The number of rotatable bonds is 1. The van der Waals surface area contributed by atoms with Crippen LogP contribution in [0.25, 0.3) is 5.69 Å². The lowest BCUT2D eigenvalue weighted by molar-refractivity contribution is -0.475. The molecule has 0 amide bonds. The van der Waals surface area contributed by atoms with Crippen LogP contribution in [-0.2, 0) is 6.54 Å². The fourth-order valence-corrected chi connectivity index (χ4v) is 3.63. The molecule has 0 radical (unpaired) electrons. The Morgan fingerprint density at radius 1 is 1.16 bits per heavy atom. The summed E-state index contributed by atoms with van der Waals surface area (Å²) in [5.74, 6) is 0.233. The summed E-state index contributed by atoms with van der Waals surface area (Å²) >= 11 is 3.47. The van der Waals surface area contributed by atoms with Crippen LogP contribution >= 0.6 is 15.9 Å². The molecule has 6 heteroatoms. The summed E-state index contributed by atoms with van der Waals surface area (Å²) in [4.78, 5) is 4.54. The molecule has 1 aliphatic rings. The van der Waals surface area contributed by atoms with Gasteiger partial charge in [0.2, 0.25) is 12.3 Å². The van der Waals surface area contributed by atoms with E-state index in [1.165, 1.54) is 6.07 Å². The summed E-state index contributed by atoms with van der Waals surface area (Å²) in [6.07, 6.45) is 0. The topological polar surface area (TPSA) is 43.9 Å². The number of aromatic nitrogens is 2. The van der Waals surface area contributed by atoms with E-state index in [0.29, 0.717) is 17.1 Å². The summed E-state index contributed by atoms with van der Waals surface area (Å²) in [7, 11) is 0. The van der Waals surface area contributed by atoms with E-state index in [9.17, 15) is 9.60 Å². The Morgan fingerprint density at radius 2 is 1.92 bits per heavy atom. The molecule has 0 saturated carbocycles. The third-order valence-electron chi connectivity index (χ3n) is 4.53. The van der Waals surface area contributed by atoms with E-state index >= 15 is 0 Å². The van der Waals surface area contributed by atoms with Gasteiger partial charge in [-0.3, -0.25) is 4.57 Å². The van der Waals surface area contributed by atoms with Gasteiger partial charge in [0.15, 0.2) is 5.82 Å². The molecule has 4 rings (SSSR count). The van der Waals surface area contributed by atoms with Crippen molar-refractivity contribution in [3.8, 4) is 5.69 Å². The van der Waals surface area contributed by atoms with Crippen LogP contribution in [0, 0.1) is 24.9 Å². The summed E-state index contributed by atoms with van der Waals surface area (Å²) in [6.45, 7) is 3.96. The third kappa shape index (κ3) is 2.48. The van der Waals surface area contributed by atoms with Gasteiger partial charge in [-0.25, -0.2) is 9.37 Å². The first-order valence-corrected chi connectivity index (χ1v) is 8.68. The first kappa shape index (κ1) is 16.0. The van der Waals surface area contributed by atoms with Gasteiger partial charge in [0.05, 0.1) is 22.5 Å². The smallest absolute Gasteiger partial charge is 0.231 e. The molecule has 1 aliphatic heterocycles. The van der Waals surface area contributed by atoms with Crippen molar-refractivity contribution >= 4 is 21.6 Å². The Hall–Kier alpha value is -2.47. The van der Waals surface area contributed by atoms with Gasteiger partial charge >= 0.3 is 0 Å². The van der Waals surface area contributed by atoms with Crippen molar-refractivity contribution in [2.24, 2.45) is 0 Å². The lowest BCUT2D eigenvalue weighted by Gasteiger charge is -2.13. The van der Waals surface area contributed by atoms with Crippen LogP contribution in [0.4, 0.5) is 4.39 Å². The molecule has 2 aromatic carbocycles. The standard InChI is InChI=1S/C19H15BrFN3O/c1-11-12(2)24-17-8-7-13(20)9-15(17)19(23(25)10-18(24)22-11)14-5-3-4-6-16(14)21/h3-9H,10H2,1-2H3. The van der Waals surface area contributed by atoms with Crippen molar-refractivity contribution < 1.29 is 9.13 Å². The van der Waals surface area contributed by atoms with Gasteiger partial charge in [-0.15, -0.1) is 0 Å². The average Bonchev–Trinajstić information content (AvgIpc) is 2.78. The van der Waals surface area contributed by atoms with Crippen LogP contribution in [0.1, 0.15) is 28.3 Å². The summed E-state index contributed by atoms with van der Waals surface area (Å²) in [6, 6.07) is 12.0. The van der Waals surface area contributed by atoms with Gasteiger partial charge in [-0.1, -0.05) is 28.1 Å². The molecule has 0 N–H and O–H groups in total. The molecule has 0 spiro atoms. The monoisotopic (exact) mass is 399 g/mol. The van der Waals surface area contributed by atoms with Crippen molar-refractivity contribution in [2.45, 2.75) is 20.4 Å². The molecule has 4 nitrogen and oxygen atoms in total. The maximum atomic E-state index is 14.5. The quantitative estimate of drug-likeness (QED) is 0.453. The second-order valence-electron chi connectivity index (χ2n) is 6.06. The van der Waals surface area contributed by atoms with E-state index in [1.54, 1.807) is 18.2 Å². The highest BCUT2D eigenvalue weighted by Gasteiger charge is 2.30. The van der Waals surface area contributed by atoms with E-state index < -0.39 is 5.82 Å². The Balaban J connectivity index is 2.10. The minimum Gasteiger partial charge on any atom is -0.623 e. The average molecular weight is 400 g/mol. The number of aryl methyl sites for hydroxylation is 1. The molecule has 0 unspecified atom stereocenters. The number of nitrogens with zero attached hydrogens (tertiary/aromatic N) is 3. The van der Waals surface area contributed by atoms with Gasteiger partial charge in [0.1, 0.15) is 5.82 Å². The number of halogens is 2. The van der Waals surface area contributed by atoms with E-state index in [1.807, 2.05) is 36.6 Å². The Kier molecular flexibility index (Phi) is 3.72. The fraction of sp³-hybridized carbons (Fsp3) is 0.158. The molecule has 126 valence electrons. The number of benzene rings is 2. The number of hydrogen-bond acceptors (Lipinski definition) is 2. The van der Waals surface area contributed by atoms with Crippen molar-refractivity contribution in [1.82, 2.24) is 9.55 Å². The first-order chi connectivity index (χ1) is 12.0. The summed E-state index contributed by atoms with van der Waals surface area (Å²) < 4.78 is 18.1. The minimum absolute atomic E-state index is 0.0602. The molecule has 0 aliphatic carbocycles. The fourth-order valence-electron chi connectivity index (χ4n) is 3.27. The highest BCUT2D eigenvalue weighted by Crippen LogP contribution is 2.30. The second kappa shape index (κ2) is 5.81. The first-order valence-electron chi connectivity index (χ1n) is 7.89. The van der Waals surface area contributed by atoms with Crippen LogP contribution in [0.5, 0.6) is 0 Å². The van der Waals surface area contributed by atoms with Gasteiger partial charge in [-0.2, -0.15) is 4.74 Å². The third-order valence-corrected chi connectivity index (χ3v) is 5.03. The van der Waals surface area contributed by atoms with Gasteiger partial charge < -0.3 is 5.21 Å². The maximum absolute atomic E-state index is 14.5. The molecule has 0 saturated heterocycles. The SMILES string of the molecule is Cc1nc2n(c1C)-c1ccc(Br)cc1C(c1ccccc1F)=[N+]([O-])C2. The molecular weight excluding hydrogens is 385 g/mol. The molecule has 25 heavy (non-hydrogen) atoms. The summed E-state index contributed by atoms with van der Waals surface area (Å²) in [5, 5.41) is 13.0. The van der Waals surface area contributed by atoms with Crippen molar-refractivity contribution in [3.63, 3.8) is 0 Å². The molecule has 0 atom stereocenters. The van der Waals surface area contributed by atoms with E-state index in [2.05, 4.69) is 20.9 Å². The van der Waals surface area contributed by atoms with Crippen molar-refractivity contribution in [3.05, 3.63) is 86.3 Å². The maximum Gasteiger partial charge on any atom is 0.231 e. The Morgan fingerprint density at radius 3 is 2.68 bits per heavy atom.